The number of nitrogens with zero attached hydrogens (tertiary/aromatic N) is 2. The van der Waals surface area contributed by atoms with Crippen molar-refractivity contribution in [1.82, 2.24) is 9.80 Å². The van der Waals surface area contributed by atoms with E-state index in [2.05, 4.69) is 6.92 Å². The topological polar surface area (TPSA) is 60.9 Å². The van der Waals surface area contributed by atoms with Crippen LogP contribution in [-0.4, -0.2) is 53.1 Å². The lowest BCUT2D eigenvalue weighted by molar-refractivity contribution is -0.141. The first kappa shape index (κ1) is 15.8. The van der Waals surface area contributed by atoms with E-state index in [-0.39, 0.29) is 12.6 Å². The molecule has 0 saturated carbocycles. The Morgan fingerprint density at radius 3 is 2.63 bits per heavy atom. The molecule has 1 aliphatic rings. The van der Waals surface area contributed by atoms with Gasteiger partial charge >= 0.3 is 12.0 Å². The fourth-order valence-corrected chi connectivity index (χ4v) is 2.41. The van der Waals surface area contributed by atoms with Crippen molar-refractivity contribution in [1.29, 1.82) is 0 Å². The molecule has 1 saturated heterocycles. The van der Waals surface area contributed by atoms with Gasteiger partial charge in [-0.15, -0.1) is 0 Å². The number of carboxylic acids is 1. The van der Waals surface area contributed by atoms with Crippen LogP contribution in [0, 0.1) is 11.8 Å². The number of carboxylic acid groups (broad SMARTS) is 1. The fourth-order valence-electron chi connectivity index (χ4n) is 2.41. The lowest BCUT2D eigenvalue weighted by Gasteiger charge is -2.30. The first-order valence-corrected chi connectivity index (χ1v) is 7.22. The van der Waals surface area contributed by atoms with Gasteiger partial charge in [-0.05, 0) is 32.1 Å². The van der Waals surface area contributed by atoms with Crippen molar-refractivity contribution in [3.8, 4) is 0 Å². The van der Waals surface area contributed by atoms with Crippen molar-refractivity contribution in [2.24, 2.45) is 11.8 Å². The van der Waals surface area contributed by atoms with Gasteiger partial charge in [-0.2, -0.15) is 0 Å². The van der Waals surface area contributed by atoms with Crippen molar-refractivity contribution in [3.05, 3.63) is 0 Å². The largest absolute Gasteiger partial charge is 0.481 e. The quantitative estimate of drug-likeness (QED) is 0.852. The van der Waals surface area contributed by atoms with Gasteiger partial charge in [0, 0.05) is 26.2 Å². The van der Waals surface area contributed by atoms with Crippen LogP contribution in [0.4, 0.5) is 4.79 Å². The van der Waals surface area contributed by atoms with Crippen molar-refractivity contribution >= 4 is 12.0 Å². The molecule has 5 nitrogen and oxygen atoms in total. The summed E-state index contributed by atoms with van der Waals surface area (Å²) in [5, 5.41) is 8.95. The Bertz CT molecular complexity index is 320. The number of rotatable bonds is 4. The fraction of sp³-hybridized carbons (Fsp3) is 0.857. The molecule has 1 aliphatic heterocycles. The molecular weight excluding hydrogens is 244 g/mol. The summed E-state index contributed by atoms with van der Waals surface area (Å²) in [6.07, 6.45) is 3.25. The molecule has 0 aromatic rings. The lowest BCUT2D eigenvalue weighted by atomic mass is 10.0. The smallest absolute Gasteiger partial charge is 0.320 e. The molecule has 19 heavy (non-hydrogen) atoms. The van der Waals surface area contributed by atoms with Crippen LogP contribution in [0.3, 0.4) is 0 Å². The second-order valence-electron chi connectivity index (χ2n) is 5.58. The third kappa shape index (κ3) is 4.73. The number of hydrogen-bond acceptors (Lipinski definition) is 2. The van der Waals surface area contributed by atoms with Crippen molar-refractivity contribution in [3.63, 3.8) is 0 Å². The van der Waals surface area contributed by atoms with Crippen molar-refractivity contribution < 1.29 is 14.7 Å². The van der Waals surface area contributed by atoms with Crippen LogP contribution >= 0.6 is 0 Å². The van der Waals surface area contributed by atoms with Gasteiger partial charge in [-0.25, -0.2) is 4.79 Å². The number of hydrogen-bond donors (Lipinski definition) is 1. The number of likely N-dealkylation sites (tertiary alicyclic amines) is 1. The molecule has 0 radical (unpaired) electrons. The lowest BCUT2D eigenvalue weighted by Crippen LogP contribution is -2.46. The highest BCUT2D eigenvalue weighted by molar-refractivity contribution is 5.76. The van der Waals surface area contributed by atoms with Crippen LogP contribution < -0.4 is 0 Å². The summed E-state index contributed by atoms with van der Waals surface area (Å²) in [5.41, 5.74) is 0. The minimum Gasteiger partial charge on any atom is -0.481 e. The van der Waals surface area contributed by atoms with Crippen LogP contribution in [0.1, 0.15) is 40.0 Å². The zero-order valence-corrected chi connectivity index (χ0v) is 12.3. The Labute approximate surface area is 115 Å². The van der Waals surface area contributed by atoms with Crippen molar-refractivity contribution in [2.45, 2.75) is 40.0 Å². The number of carbonyl (C=O) groups excluding carboxylic acids is 1. The van der Waals surface area contributed by atoms with Gasteiger partial charge in [0.25, 0.3) is 0 Å². The second kappa shape index (κ2) is 7.36. The maximum atomic E-state index is 12.4. The summed E-state index contributed by atoms with van der Waals surface area (Å²) in [4.78, 5) is 26.8. The molecule has 2 atom stereocenters. The molecule has 0 bridgehead atoms. The molecule has 1 N–H and O–H groups in total. The molecule has 110 valence electrons. The highest BCUT2D eigenvalue weighted by Gasteiger charge is 2.25. The van der Waals surface area contributed by atoms with Gasteiger partial charge in [-0.1, -0.05) is 13.8 Å². The highest BCUT2D eigenvalue weighted by Crippen LogP contribution is 2.17. The van der Waals surface area contributed by atoms with Gasteiger partial charge in [0.2, 0.25) is 0 Å². The Hall–Kier alpha value is -1.26. The number of carbonyl (C=O) groups is 2. The molecule has 0 spiro atoms. The molecule has 1 heterocycles. The van der Waals surface area contributed by atoms with Crippen molar-refractivity contribution in [2.75, 3.05) is 26.2 Å². The van der Waals surface area contributed by atoms with E-state index in [0.29, 0.717) is 12.5 Å². The van der Waals surface area contributed by atoms with E-state index in [0.717, 1.165) is 25.9 Å². The van der Waals surface area contributed by atoms with E-state index in [9.17, 15) is 9.59 Å². The van der Waals surface area contributed by atoms with Crippen LogP contribution in [0.2, 0.25) is 0 Å². The average molecular weight is 270 g/mol. The van der Waals surface area contributed by atoms with E-state index in [1.54, 1.807) is 11.8 Å². The Kier molecular flexibility index (Phi) is 6.12. The standard InChI is InChI=1S/C14H26N2O3/c1-4-15(10-12(3)13(17)18)14(19)16-8-5-6-11(2)7-9-16/h11-12H,4-10H2,1-3H3,(H,17,18). The van der Waals surface area contributed by atoms with E-state index < -0.39 is 11.9 Å². The Balaban J connectivity index is 2.59. The van der Waals surface area contributed by atoms with Gasteiger partial charge in [0.05, 0.1) is 5.92 Å². The molecular formula is C14H26N2O3. The number of amides is 2. The average Bonchev–Trinajstić information content (AvgIpc) is 2.59. The summed E-state index contributed by atoms with van der Waals surface area (Å²) in [6, 6.07) is -0.00954. The molecule has 5 heteroatoms. The monoisotopic (exact) mass is 270 g/mol. The van der Waals surface area contributed by atoms with Crippen LogP contribution in [0.5, 0.6) is 0 Å². The molecule has 0 aromatic carbocycles. The van der Waals surface area contributed by atoms with Gasteiger partial charge in [0.1, 0.15) is 0 Å². The molecule has 2 unspecified atom stereocenters. The van der Waals surface area contributed by atoms with Gasteiger partial charge < -0.3 is 14.9 Å². The summed E-state index contributed by atoms with van der Waals surface area (Å²) in [6.45, 7) is 8.19. The van der Waals surface area contributed by atoms with E-state index in [4.69, 9.17) is 5.11 Å². The number of urea groups is 1. The first-order valence-electron chi connectivity index (χ1n) is 7.22. The minimum absolute atomic E-state index is 0.00954. The molecule has 2 amide bonds. The summed E-state index contributed by atoms with van der Waals surface area (Å²) < 4.78 is 0. The molecule has 0 aromatic heterocycles. The second-order valence-corrected chi connectivity index (χ2v) is 5.58. The normalized spacial score (nSPS) is 21.6. The number of aliphatic carboxylic acids is 1. The first-order chi connectivity index (χ1) is 8.95. The van der Waals surface area contributed by atoms with Gasteiger partial charge in [0.15, 0.2) is 0 Å². The molecule has 1 rings (SSSR count). The maximum absolute atomic E-state index is 12.4. The van der Waals surface area contributed by atoms with Gasteiger partial charge in [-0.3, -0.25) is 4.79 Å². The van der Waals surface area contributed by atoms with E-state index >= 15 is 0 Å². The van der Waals surface area contributed by atoms with E-state index in [1.165, 1.54) is 6.42 Å². The zero-order chi connectivity index (χ0) is 14.4. The third-order valence-corrected chi connectivity index (χ3v) is 3.86. The van der Waals surface area contributed by atoms with Crippen LogP contribution in [0.25, 0.3) is 0 Å². The highest BCUT2D eigenvalue weighted by atomic mass is 16.4. The van der Waals surface area contributed by atoms with Crippen LogP contribution in [0.15, 0.2) is 0 Å². The third-order valence-electron chi connectivity index (χ3n) is 3.86. The SMILES string of the molecule is CCN(CC(C)C(=O)O)C(=O)N1CCCC(C)CC1. The Morgan fingerprint density at radius 1 is 1.37 bits per heavy atom. The predicted molar refractivity (Wildman–Crippen MR) is 74.0 cm³/mol. The zero-order valence-electron chi connectivity index (χ0n) is 12.3. The minimum atomic E-state index is -0.851. The predicted octanol–water partition coefficient (Wildman–Crippen LogP) is 2.27. The Morgan fingerprint density at radius 2 is 2.05 bits per heavy atom. The summed E-state index contributed by atoms with van der Waals surface area (Å²) >= 11 is 0. The molecule has 0 aliphatic carbocycles. The van der Waals surface area contributed by atoms with Crippen LogP contribution in [-0.2, 0) is 4.79 Å². The molecule has 1 fully saturated rings. The maximum Gasteiger partial charge on any atom is 0.320 e. The summed E-state index contributed by atoms with van der Waals surface area (Å²) in [7, 11) is 0. The van der Waals surface area contributed by atoms with E-state index in [1.807, 2.05) is 11.8 Å². The summed E-state index contributed by atoms with van der Waals surface area (Å²) in [5.74, 6) is -0.698.